The molecule has 0 radical (unpaired) electrons. The van der Waals surface area contributed by atoms with Crippen molar-refractivity contribution in [1.82, 2.24) is 20.4 Å². The van der Waals surface area contributed by atoms with E-state index in [-0.39, 0.29) is 42.3 Å². The first-order valence-electron chi connectivity index (χ1n) is 9.76. The number of furan rings is 1. The Morgan fingerprint density at radius 1 is 1.00 bits per heavy atom. The molecule has 8 nitrogen and oxygen atoms in total. The lowest BCUT2D eigenvalue weighted by Gasteiger charge is -2.36. The molecule has 0 saturated carbocycles. The third kappa shape index (κ3) is 6.75. The second-order valence-corrected chi connectivity index (χ2v) is 6.74. The summed E-state index contributed by atoms with van der Waals surface area (Å²) in [7, 11) is 1.69. The lowest BCUT2D eigenvalue weighted by molar-refractivity contribution is -0.120. The third-order valence-electron chi connectivity index (χ3n) is 4.80. The maximum Gasteiger partial charge on any atom is 0.289 e. The minimum absolute atomic E-state index is 0. The van der Waals surface area contributed by atoms with E-state index in [9.17, 15) is 9.59 Å². The van der Waals surface area contributed by atoms with Gasteiger partial charge >= 0.3 is 0 Å². The standard InChI is InChI=1S/C21H27N5O3.HI/c1-22-21(24-16-19(27)23-10-9-17-6-3-2-4-7-17)26-13-11-25(12-14-26)20(28)18-8-5-15-29-18;/h2-8,15H,9-14,16H2,1H3,(H,22,24)(H,23,27);1H. The van der Waals surface area contributed by atoms with E-state index in [2.05, 4.69) is 15.6 Å². The number of halogens is 1. The van der Waals surface area contributed by atoms with Crippen LogP contribution in [0.2, 0.25) is 0 Å². The van der Waals surface area contributed by atoms with Crippen LogP contribution in [0.15, 0.2) is 58.1 Å². The molecule has 0 atom stereocenters. The van der Waals surface area contributed by atoms with Gasteiger partial charge in [-0.25, -0.2) is 0 Å². The predicted molar refractivity (Wildman–Crippen MR) is 126 cm³/mol. The summed E-state index contributed by atoms with van der Waals surface area (Å²) in [5, 5.41) is 6.01. The number of hydrogen-bond acceptors (Lipinski definition) is 4. The van der Waals surface area contributed by atoms with Crippen molar-refractivity contribution in [2.45, 2.75) is 6.42 Å². The maximum absolute atomic E-state index is 12.3. The van der Waals surface area contributed by atoms with Gasteiger partial charge in [0.2, 0.25) is 5.91 Å². The Hall–Kier alpha value is -2.56. The number of hydrogen-bond donors (Lipinski definition) is 2. The van der Waals surface area contributed by atoms with Crippen molar-refractivity contribution in [3.8, 4) is 0 Å². The molecular weight excluding hydrogens is 497 g/mol. The van der Waals surface area contributed by atoms with Gasteiger partial charge in [-0.05, 0) is 24.1 Å². The van der Waals surface area contributed by atoms with E-state index in [1.807, 2.05) is 35.2 Å². The first-order chi connectivity index (χ1) is 14.2. The zero-order chi connectivity index (χ0) is 20.5. The molecule has 2 aromatic rings. The lowest BCUT2D eigenvalue weighted by Crippen LogP contribution is -2.54. The fourth-order valence-corrected chi connectivity index (χ4v) is 3.22. The van der Waals surface area contributed by atoms with Crippen LogP contribution in [0.25, 0.3) is 0 Å². The van der Waals surface area contributed by atoms with Crippen LogP contribution in [0.1, 0.15) is 16.1 Å². The molecule has 0 unspecified atom stereocenters. The third-order valence-corrected chi connectivity index (χ3v) is 4.80. The molecule has 162 valence electrons. The largest absolute Gasteiger partial charge is 0.459 e. The molecular formula is C21H28IN5O3. The molecule has 1 saturated heterocycles. The molecule has 1 aliphatic heterocycles. The minimum Gasteiger partial charge on any atom is -0.459 e. The Balaban J connectivity index is 0.00000320. The zero-order valence-electron chi connectivity index (χ0n) is 17.0. The van der Waals surface area contributed by atoms with Crippen LogP contribution in [0, 0.1) is 0 Å². The monoisotopic (exact) mass is 525 g/mol. The Morgan fingerprint density at radius 3 is 2.33 bits per heavy atom. The summed E-state index contributed by atoms with van der Waals surface area (Å²) in [5.74, 6) is 0.838. The van der Waals surface area contributed by atoms with Gasteiger partial charge in [-0.1, -0.05) is 30.3 Å². The van der Waals surface area contributed by atoms with Crippen LogP contribution in [-0.4, -0.2) is 73.9 Å². The smallest absolute Gasteiger partial charge is 0.289 e. The van der Waals surface area contributed by atoms with E-state index in [0.717, 1.165) is 6.42 Å². The number of piperazine rings is 1. The van der Waals surface area contributed by atoms with Gasteiger partial charge in [0, 0.05) is 39.8 Å². The molecule has 0 spiro atoms. The molecule has 1 fully saturated rings. The van der Waals surface area contributed by atoms with Crippen LogP contribution in [0.5, 0.6) is 0 Å². The van der Waals surface area contributed by atoms with Gasteiger partial charge in [0.15, 0.2) is 11.7 Å². The topological polar surface area (TPSA) is 90.2 Å². The van der Waals surface area contributed by atoms with Gasteiger partial charge in [0.05, 0.1) is 12.8 Å². The normalized spacial score (nSPS) is 14.1. The van der Waals surface area contributed by atoms with Crippen LogP contribution < -0.4 is 10.6 Å². The number of guanidine groups is 1. The van der Waals surface area contributed by atoms with Crippen molar-refractivity contribution in [1.29, 1.82) is 0 Å². The Bertz CT molecular complexity index is 818. The van der Waals surface area contributed by atoms with Gasteiger partial charge in [-0.2, -0.15) is 0 Å². The molecule has 0 bridgehead atoms. The van der Waals surface area contributed by atoms with E-state index in [4.69, 9.17) is 4.42 Å². The molecule has 1 aliphatic rings. The number of rotatable bonds is 6. The Kier molecular flexibility index (Phi) is 9.65. The average Bonchev–Trinajstić information content (AvgIpc) is 3.30. The number of carbonyl (C=O) groups is 2. The predicted octanol–water partition coefficient (Wildman–Crippen LogP) is 1.59. The van der Waals surface area contributed by atoms with Gasteiger partial charge in [-0.15, -0.1) is 24.0 Å². The number of benzene rings is 1. The van der Waals surface area contributed by atoms with Crippen LogP contribution >= 0.6 is 24.0 Å². The highest BCUT2D eigenvalue weighted by Crippen LogP contribution is 2.09. The van der Waals surface area contributed by atoms with Gasteiger partial charge < -0.3 is 24.9 Å². The van der Waals surface area contributed by atoms with Gasteiger partial charge in [0.25, 0.3) is 5.91 Å². The molecule has 30 heavy (non-hydrogen) atoms. The fourth-order valence-electron chi connectivity index (χ4n) is 3.22. The minimum atomic E-state index is -0.101. The average molecular weight is 525 g/mol. The van der Waals surface area contributed by atoms with E-state index in [1.54, 1.807) is 24.1 Å². The van der Waals surface area contributed by atoms with Crippen molar-refractivity contribution in [2.24, 2.45) is 4.99 Å². The summed E-state index contributed by atoms with van der Waals surface area (Å²) in [4.78, 5) is 32.5. The molecule has 3 rings (SSSR count). The summed E-state index contributed by atoms with van der Waals surface area (Å²) in [6.07, 6.45) is 2.30. The highest BCUT2D eigenvalue weighted by atomic mass is 127. The molecule has 1 aromatic carbocycles. The Morgan fingerprint density at radius 2 is 1.70 bits per heavy atom. The summed E-state index contributed by atoms with van der Waals surface area (Å²) < 4.78 is 5.18. The number of aliphatic imine (C=N–C) groups is 1. The van der Waals surface area contributed by atoms with E-state index < -0.39 is 0 Å². The molecule has 2 amide bonds. The van der Waals surface area contributed by atoms with Crippen molar-refractivity contribution in [2.75, 3.05) is 46.3 Å². The van der Waals surface area contributed by atoms with Crippen molar-refractivity contribution < 1.29 is 14.0 Å². The second kappa shape index (κ2) is 12.2. The highest BCUT2D eigenvalue weighted by molar-refractivity contribution is 14.0. The second-order valence-electron chi connectivity index (χ2n) is 6.74. The van der Waals surface area contributed by atoms with E-state index in [0.29, 0.717) is 44.4 Å². The fraction of sp³-hybridized carbons (Fsp3) is 0.381. The number of nitrogens with zero attached hydrogens (tertiary/aromatic N) is 3. The summed E-state index contributed by atoms with van der Waals surface area (Å²) in [5.41, 5.74) is 1.19. The SMILES string of the molecule is CN=C(NCC(=O)NCCc1ccccc1)N1CCN(C(=O)c2ccco2)CC1.I. The first-order valence-corrected chi connectivity index (χ1v) is 9.76. The first kappa shape index (κ1) is 23.7. The van der Waals surface area contributed by atoms with Crippen LogP contribution in [0.4, 0.5) is 0 Å². The lowest BCUT2D eigenvalue weighted by atomic mass is 10.1. The number of amides is 2. The zero-order valence-corrected chi connectivity index (χ0v) is 19.4. The Labute approximate surface area is 193 Å². The van der Waals surface area contributed by atoms with Gasteiger partial charge in [-0.3, -0.25) is 14.6 Å². The molecule has 2 N–H and O–H groups in total. The maximum atomic E-state index is 12.3. The van der Waals surface area contributed by atoms with Crippen molar-refractivity contribution >= 4 is 41.8 Å². The van der Waals surface area contributed by atoms with Crippen molar-refractivity contribution in [3.63, 3.8) is 0 Å². The summed E-state index contributed by atoms with van der Waals surface area (Å²) in [6.45, 7) is 3.18. The number of carbonyl (C=O) groups excluding carboxylic acids is 2. The highest BCUT2D eigenvalue weighted by Gasteiger charge is 2.25. The molecule has 9 heteroatoms. The summed E-state index contributed by atoms with van der Waals surface area (Å²) >= 11 is 0. The molecule has 0 aliphatic carbocycles. The quantitative estimate of drug-likeness (QED) is 0.340. The van der Waals surface area contributed by atoms with Crippen LogP contribution in [-0.2, 0) is 11.2 Å². The summed E-state index contributed by atoms with van der Waals surface area (Å²) in [6, 6.07) is 13.4. The molecule has 2 heterocycles. The van der Waals surface area contributed by atoms with E-state index in [1.165, 1.54) is 11.8 Å². The van der Waals surface area contributed by atoms with Crippen LogP contribution in [0.3, 0.4) is 0 Å². The van der Waals surface area contributed by atoms with Crippen molar-refractivity contribution in [3.05, 3.63) is 60.1 Å². The van der Waals surface area contributed by atoms with E-state index >= 15 is 0 Å². The number of nitrogens with one attached hydrogen (secondary N) is 2. The van der Waals surface area contributed by atoms with Gasteiger partial charge in [0.1, 0.15) is 0 Å². The molecule has 1 aromatic heterocycles.